The van der Waals surface area contributed by atoms with E-state index in [-0.39, 0.29) is 28.0 Å². The smallest absolute Gasteiger partial charge is 0.336 e. The molecule has 154 valence electrons. The number of hydrogen-bond acceptors (Lipinski definition) is 3. The van der Waals surface area contributed by atoms with E-state index in [0.29, 0.717) is 16.9 Å². The first-order chi connectivity index (χ1) is 14.2. The zero-order chi connectivity index (χ0) is 22.0. The highest BCUT2D eigenvalue weighted by molar-refractivity contribution is 9.10. The summed E-state index contributed by atoms with van der Waals surface area (Å²) in [6.07, 6.45) is 1.42. The number of pyridine rings is 1. The van der Waals surface area contributed by atoms with Gasteiger partial charge in [-0.15, -0.1) is 0 Å². The number of aromatic carboxylic acids is 1. The van der Waals surface area contributed by atoms with E-state index < -0.39 is 23.2 Å². The second-order valence-electron chi connectivity index (χ2n) is 6.41. The Morgan fingerprint density at radius 1 is 1.23 bits per heavy atom. The molecule has 1 aromatic heterocycles. The first-order valence-corrected chi connectivity index (χ1v) is 9.51. The lowest BCUT2D eigenvalue weighted by atomic mass is 10.1. The third kappa shape index (κ3) is 4.18. The molecule has 5 nitrogen and oxygen atoms in total. The molecule has 30 heavy (non-hydrogen) atoms. The molecule has 0 unspecified atom stereocenters. The number of halogens is 3. The van der Waals surface area contributed by atoms with Gasteiger partial charge < -0.3 is 9.84 Å². The van der Waals surface area contributed by atoms with E-state index in [9.17, 15) is 23.5 Å². The van der Waals surface area contributed by atoms with Gasteiger partial charge in [0.05, 0.1) is 5.56 Å². The van der Waals surface area contributed by atoms with Crippen molar-refractivity contribution >= 4 is 28.0 Å². The zero-order valence-corrected chi connectivity index (χ0v) is 17.4. The highest BCUT2D eigenvalue weighted by atomic mass is 79.9. The quantitative estimate of drug-likeness (QED) is 0.537. The van der Waals surface area contributed by atoms with Gasteiger partial charge >= 0.3 is 5.97 Å². The molecule has 0 radical (unpaired) electrons. The zero-order valence-electron chi connectivity index (χ0n) is 15.8. The molecule has 0 bridgehead atoms. The summed E-state index contributed by atoms with van der Waals surface area (Å²) in [7, 11) is 0. The molecule has 3 rings (SSSR count). The Hall–Kier alpha value is -3.26. The van der Waals surface area contributed by atoms with E-state index in [1.807, 2.05) is 0 Å². The van der Waals surface area contributed by atoms with E-state index >= 15 is 0 Å². The molecule has 0 saturated carbocycles. The first kappa shape index (κ1) is 21.4. The molecular weight excluding hydrogens is 460 g/mol. The van der Waals surface area contributed by atoms with Gasteiger partial charge in [0.1, 0.15) is 28.5 Å². The van der Waals surface area contributed by atoms with E-state index in [4.69, 9.17) is 4.74 Å². The minimum absolute atomic E-state index is 0.0111. The molecule has 0 amide bonds. The van der Waals surface area contributed by atoms with Crippen molar-refractivity contribution in [2.75, 3.05) is 0 Å². The fourth-order valence-corrected chi connectivity index (χ4v) is 3.35. The Balaban J connectivity index is 1.99. The molecule has 0 spiro atoms. The summed E-state index contributed by atoms with van der Waals surface area (Å²) in [5.41, 5.74) is 0.927. The third-order valence-electron chi connectivity index (χ3n) is 4.44. The van der Waals surface area contributed by atoms with Crippen molar-refractivity contribution in [2.45, 2.75) is 13.5 Å². The van der Waals surface area contributed by atoms with Crippen LogP contribution in [-0.4, -0.2) is 15.6 Å². The summed E-state index contributed by atoms with van der Waals surface area (Å²) in [5.74, 6) is -2.41. The summed E-state index contributed by atoms with van der Waals surface area (Å²) in [6.45, 7) is 5.04. The Morgan fingerprint density at radius 2 is 1.97 bits per heavy atom. The third-order valence-corrected chi connectivity index (χ3v) is 5.17. The fourth-order valence-electron chi connectivity index (χ4n) is 2.95. The maximum Gasteiger partial charge on any atom is 0.336 e. The van der Waals surface area contributed by atoms with Gasteiger partial charge in [-0.2, -0.15) is 0 Å². The van der Waals surface area contributed by atoms with Crippen LogP contribution >= 0.6 is 15.9 Å². The van der Waals surface area contributed by atoms with E-state index in [1.54, 1.807) is 25.1 Å². The number of carboxylic acids is 1. The second-order valence-corrected chi connectivity index (χ2v) is 7.20. The number of hydrogen-bond donors (Lipinski definition) is 1. The van der Waals surface area contributed by atoms with Crippen molar-refractivity contribution < 1.29 is 23.4 Å². The number of aryl methyl sites for hydroxylation is 1. The van der Waals surface area contributed by atoms with Crippen molar-refractivity contribution in [3.8, 4) is 11.4 Å². The molecular formula is C22H16BrF2NO4. The van der Waals surface area contributed by atoms with Gasteiger partial charge in [-0.3, -0.25) is 9.36 Å². The Morgan fingerprint density at radius 3 is 2.60 bits per heavy atom. The topological polar surface area (TPSA) is 68.5 Å². The average molecular weight is 476 g/mol. The second kappa shape index (κ2) is 8.62. The molecule has 0 saturated heterocycles. The number of aromatic nitrogens is 1. The number of benzene rings is 2. The van der Waals surface area contributed by atoms with Crippen molar-refractivity contribution in [2.24, 2.45) is 0 Å². The van der Waals surface area contributed by atoms with Crippen LogP contribution in [0.4, 0.5) is 8.78 Å². The predicted molar refractivity (Wildman–Crippen MR) is 112 cm³/mol. The van der Waals surface area contributed by atoms with Crippen LogP contribution in [0, 0.1) is 18.6 Å². The average Bonchev–Trinajstić information content (AvgIpc) is 2.70. The lowest BCUT2D eigenvalue weighted by Crippen LogP contribution is -2.22. The summed E-state index contributed by atoms with van der Waals surface area (Å²) < 4.78 is 33.8. The SMILES string of the molecule is C=Cc1ccc(-n2c(C)cc(OCc3ccc(F)cc3F)c(Br)c2=O)cc1C(=O)O. The molecule has 2 aromatic carbocycles. The van der Waals surface area contributed by atoms with E-state index in [2.05, 4.69) is 22.5 Å². The van der Waals surface area contributed by atoms with Crippen LogP contribution in [0.1, 0.15) is 27.2 Å². The molecule has 1 N–H and O–H groups in total. The lowest BCUT2D eigenvalue weighted by molar-refractivity contribution is 0.0696. The minimum Gasteiger partial charge on any atom is -0.487 e. The van der Waals surface area contributed by atoms with Gasteiger partial charge in [0, 0.05) is 29.1 Å². The summed E-state index contributed by atoms with van der Waals surface area (Å²) in [4.78, 5) is 24.4. The first-order valence-electron chi connectivity index (χ1n) is 8.72. The monoisotopic (exact) mass is 475 g/mol. The standard InChI is InChI=1S/C22H16BrF2NO4/c1-3-13-5-7-16(10-17(13)22(28)29)26-12(2)8-19(20(23)21(26)27)30-11-14-4-6-15(24)9-18(14)25/h3-10H,1,11H2,2H3,(H,28,29). The largest absolute Gasteiger partial charge is 0.487 e. The van der Waals surface area contributed by atoms with Crippen LogP contribution < -0.4 is 10.3 Å². The molecule has 8 heteroatoms. The Kier molecular flexibility index (Phi) is 6.17. The van der Waals surface area contributed by atoms with Crippen molar-refractivity contribution in [1.29, 1.82) is 0 Å². The molecule has 0 fully saturated rings. The van der Waals surface area contributed by atoms with Crippen LogP contribution in [0.2, 0.25) is 0 Å². The Bertz CT molecular complexity index is 1220. The maximum absolute atomic E-state index is 13.8. The molecule has 0 aliphatic rings. The van der Waals surface area contributed by atoms with Gasteiger partial charge in [0.2, 0.25) is 0 Å². The normalized spacial score (nSPS) is 10.7. The number of nitrogens with zero attached hydrogens (tertiary/aromatic N) is 1. The minimum atomic E-state index is -1.14. The van der Waals surface area contributed by atoms with E-state index in [0.717, 1.165) is 12.1 Å². The van der Waals surface area contributed by atoms with Gasteiger partial charge in [-0.05, 0) is 52.7 Å². The van der Waals surface area contributed by atoms with E-state index in [1.165, 1.54) is 22.8 Å². The van der Waals surface area contributed by atoms with Crippen LogP contribution in [-0.2, 0) is 6.61 Å². The molecule has 1 heterocycles. The molecule has 0 atom stereocenters. The van der Waals surface area contributed by atoms with Crippen LogP contribution in [0.3, 0.4) is 0 Å². The highest BCUT2D eigenvalue weighted by Gasteiger charge is 2.16. The van der Waals surface area contributed by atoms with Gasteiger partial charge in [0.25, 0.3) is 5.56 Å². The van der Waals surface area contributed by atoms with Crippen LogP contribution in [0.15, 0.2) is 58.3 Å². The van der Waals surface area contributed by atoms with Crippen molar-refractivity contribution in [3.63, 3.8) is 0 Å². The maximum atomic E-state index is 13.8. The van der Waals surface area contributed by atoms with Gasteiger partial charge in [0.15, 0.2) is 0 Å². The summed E-state index contributed by atoms with van der Waals surface area (Å²) in [6, 6.07) is 9.26. The fraction of sp³-hybridized carbons (Fsp3) is 0.0909. The summed E-state index contributed by atoms with van der Waals surface area (Å²) >= 11 is 3.20. The highest BCUT2D eigenvalue weighted by Crippen LogP contribution is 2.26. The van der Waals surface area contributed by atoms with Gasteiger partial charge in [-0.1, -0.05) is 18.7 Å². The van der Waals surface area contributed by atoms with Crippen molar-refractivity contribution in [1.82, 2.24) is 4.57 Å². The molecule has 0 aliphatic heterocycles. The summed E-state index contributed by atoms with van der Waals surface area (Å²) in [5, 5.41) is 9.40. The van der Waals surface area contributed by atoms with Crippen LogP contribution in [0.25, 0.3) is 11.8 Å². The molecule has 0 aliphatic carbocycles. The van der Waals surface area contributed by atoms with Crippen molar-refractivity contribution in [3.05, 3.63) is 97.9 Å². The number of carbonyl (C=O) groups is 1. The number of rotatable bonds is 6. The number of ether oxygens (including phenoxy) is 1. The van der Waals surface area contributed by atoms with Gasteiger partial charge in [-0.25, -0.2) is 13.6 Å². The number of carboxylic acid groups (broad SMARTS) is 1. The predicted octanol–water partition coefficient (Wildman–Crippen LogP) is 5.11. The van der Waals surface area contributed by atoms with Crippen LogP contribution in [0.5, 0.6) is 5.75 Å². The Labute approximate surface area is 179 Å². The lowest BCUT2D eigenvalue weighted by Gasteiger charge is -2.16. The molecule has 3 aromatic rings.